The minimum absolute atomic E-state index is 0.111. The van der Waals surface area contributed by atoms with Gasteiger partial charge in [-0.25, -0.2) is 5.43 Å². The van der Waals surface area contributed by atoms with Gasteiger partial charge in [0, 0.05) is 18.8 Å². The number of anilines is 1. The van der Waals surface area contributed by atoms with E-state index in [0.29, 0.717) is 5.75 Å². The summed E-state index contributed by atoms with van der Waals surface area (Å²) in [5.74, 6) is 1.05. The summed E-state index contributed by atoms with van der Waals surface area (Å²) < 4.78 is 11.5. The van der Waals surface area contributed by atoms with Crippen LogP contribution < -0.4 is 19.8 Å². The Morgan fingerprint density at radius 1 is 1.19 bits per heavy atom. The van der Waals surface area contributed by atoms with Gasteiger partial charge in [0.2, 0.25) is 0 Å². The predicted molar refractivity (Wildman–Crippen MR) is 117 cm³/mol. The van der Waals surface area contributed by atoms with Gasteiger partial charge >= 0.3 is 0 Å². The number of hydrazone groups is 1. The first-order valence-corrected chi connectivity index (χ1v) is 9.78. The Morgan fingerprint density at radius 3 is 2.48 bits per heavy atom. The average Bonchev–Trinajstić information content (AvgIpc) is 2.69. The first kappa shape index (κ1) is 21.0. The maximum atomic E-state index is 11.9. The number of methoxy groups -OCH3 is 1. The van der Waals surface area contributed by atoms with E-state index in [-0.39, 0.29) is 12.5 Å². The highest BCUT2D eigenvalue weighted by Gasteiger charge is 2.06. The molecule has 0 bridgehead atoms. The highest BCUT2D eigenvalue weighted by atomic mass is 127. The minimum atomic E-state index is -0.322. The van der Waals surface area contributed by atoms with Gasteiger partial charge in [-0.2, -0.15) is 5.10 Å². The lowest BCUT2D eigenvalue weighted by atomic mass is 10.2. The van der Waals surface area contributed by atoms with Crippen LogP contribution in [0.3, 0.4) is 0 Å². The van der Waals surface area contributed by atoms with Crippen LogP contribution in [0.5, 0.6) is 11.5 Å². The van der Waals surface area contributed by atoms with Crippen molar-refractivity contribution in [3.63, 3.8) is 0 Å². The Kier molecular flexibility index (Phi) is 8.38. The number of amides is 1. The molecule has 0 heterocycles. The monoisotopic (exact) mass is 481 g/mol. The van der Waals surface area contributed by atoms with Crippen LogP contribution in [-0.2, 0) is 4.79 Å². The SMILES string of the molecule is CCN(CC)c1ccc(C=NNC(=O)COc2ccc(OC)cc2I)cc1. The number of halogens is 1. The van der Waals surface area contributed by atoms with Crippen molar-refractivity contribution >= 4 is 40.4 Å². The standard InChI is InChI=1S/C20H24IN3O3/c1-4-24(5-2)16-8-6-15(7-9-16)13-22-23-20(25)14-27-19-11-10-17(26-3)12-18(19)21/h6-13H,4-5,14H2,1-3H3,(H,23,25). The predicted octanol–water partition coefficient (Wildman–Crippen LogP) is 3.68. The molecule has 0 saturated carbocycles. The molecule has 144 valence electrons. The summed E-state index contributed by atoms with van der Waals surface area (Å²) >= 11 is 2.14. The van der Waals surface area contributed by atoms with Crippen LogP contribution >= 0.6 is 22.6 Å². The normalized spacial score (nSPS) is 10.7. The van der Waals surface area contributed by atoms with Gasteiger partial charge in [-0.15, -0.1) is 0 Å². The van der Waals surface area contributed by atoms with Crippen LogP contribution in [0.4, 0.5) is 5.69 Å². The third kappa shape index (κ3) is 6.42. The smallest absolute Gasteiger partial charge is 0.277 e. The summed E-state index contributed by atoms with van der Waals surface area (Å²) in [4.78, 5) is 14.1. The molecule has 0 radical (unpaired) electrons. The van der Waals surface area contributed by atoms with Crippen molar-refractivity contribution in [2.45, 2.75) is 13.8 Å². The number of benzene rings is 2. The van der Waals surface area contributed by atoms with E-state index >= 15 is 0 Å². The highest BCUT2D eigenvalue weighted by Crippen LogP contribution is 2.25. The number of hydrogen-bond donors (Lipinski definition) is 1. The molecule has 0 saturated heterocycles. The van der Waals surface area contributed by atoms with E-state index in [4.69, 9.17) is 9.47 Å². The molecule has 2 rings (SSSR count). The molecule has 7 heteroatoms. The summed E-state index contributed by atoms with van der Waals surface area (Å²) in [6, 6.07) is 13.4. The first-order valence-electron chi connectivity index (χ1n) is 8.70. The largest absolute Gasteiger partial charge is 0.497 e. The van der Waals surface area contributed by atoms with Gasteiger partial charge in [0.25, 0.3) is 5.91 Å². The molecule has 0 aliphatic carbocycles. The van der Waals surface area contributed by atoms with Crippen LogP contribution in [0, 0.1) is 3.57 Å². The van der Waals surface area contributed by atoms with E-state index in [1.54, 1.807) is 25.5 Å². The second-order valence-electron chi connectivity index (χ2n) is 5.64. The van der Waals surface area contributed by atoms with Crippen LogP contribution in [0.1, 0.15) is 19.4 Å². The number of nitrogens with zero attached hydrogens (tertiary/aromatic N) is 2. The molecular weight excluding hydrogens is 457 g/mol. The van der Waals surface area contributed by atoms with Crippen molar-refractivity contribution in [2.24, 2.45) is 5.10 Å². The fourth-order valence-electron chi connectivity index (χ4n) is 2.44. The summed E-state index contributed by atoms with van der Waals surface area (Å²) in [5.41, 5.74) is 4.55. The molecule has 1 amide bonds. The summed E-state index contributed by atoms with van der Waals surface area (Å²) in [6.07, 6.45) is 1.61. The lowest BCUT2D eigenvalue weighted by Crippen LogP contribution is -2.24. The van der Waals surface area contributed by atoms with Gasteiger partial charge in [0.15, 0.2) is 6.61 Å². The van der Waals surface area contributed by atoms with Crippen molar-refractivity contribution < 1.29 is 14.3 Å². The molecule has 0 fully saturated rings. The zero-order valence-corrected chi connectivity index (χ0v) is 17.9. The third-order valence-corrected chi connectivity index (χ3v) is 4.77. The van der Waals surface area contributed by atoms with Gasteiger partial charge in [0.1, 0.15) is 11.5 Å². The number of rotatable bonds is 9. The molecule has 0 aromatic heterocycles. The maximum Gasteiger partial charge on any atom is 0.277 e. The van der Waals surface area contributed by atoms with Gasteiger partial charge in [-0.1, -0.05) is 12.1 Å². The van der Waals surface area contributed by atoms with E-state index < -0.39 is 0 Å². The maximum absolute atomic E-state index is 11.9. The van der Waals surface area contributed by atoms with E-state index in [0.717, 1.165) is 28.0 Å². The van der Waals surface area contributed by atoms with Crippen LogP contribution in [0.25, 0.3) is 0 Å². The van der Waals surface area contributed by atoms with Crippen molar-refractivity contribution in [1.29, 1.82) is 0 Å². The van der Waals surface area contributed by atoms with E-state index in [1.165, 1.54) is 5.69 Å². The molecule has 6 nitrogen and oxygen atoms in total. The molecule has 0 spiro atoms. The molecule has 0 atom stereocenters. The van der Waals surface area contributed by atoms with E-state index in [1.807, 2.05) is 30.3 Å². The van der Waals surface area contributed by atoms with Crippen molar-refractivity contribution in [3.05, 3.63) is 51.6 Å². The van der Waals surface area contributed by atoms with Crippen molar-refractivity contribution in [1.82, 2.24) is 5.43 Å². The number of ether oxygens (including phenoxy) is 2. The van der Waals surface area contributed by atoms with Gasteiger partial charge in [0.05, 0.1) is 16.9 Å². The molecular formula is C20H24IN3O3. The fourth-order valence-corrected chi connectivity index (χ4v) is 3.08. The topological polar surface area (TPSA) is 63.2 Å². The van der Waals surface area contributed by atoms with Crippen LogP contribution in [0.2, 0.25) is 0 Å². The number of carbonyl (C=O) groups excluding carboxylic acids is 1. The molecule has 0 aliphatic rings. The Morgan fingerprint density at radius 2 is 1.89 bits per heavy atom. The summed E-state index contributed by atoms with van der Waals surface area (Å²) in [6.45, 7) is 6.08. The van der Waals surface area contributed by atoms with Crippen molar-refractivity contribution in [3.8, 4) is 11.5 Å². The first-order chi connectivity index (χ1) is 13.1. The average molecular weight is 481 g/mol. The summed E-state index contributed by atoms with van der Waals surface area (Å²) in [7, 11) is 1.61. The van der Waals surface area contributed by atoms with Crippen LogP contribution in [0.15, 0.2) is 47.6 Å². The second-order valence-corrected chi connectivity index (χ2v) is 6.80. The van der Waals surface area contributed by atoms with Gasteiger partial charge in [-0.05, 0) is 72.3 Å². The van der Waals surface area contributed by atoms with E-state index in [9.17, 15) is 4.79 Å². The highest BCUT2D eigenvalue weighted by molar-refractivity contribution is 14.1. The molecule has 27 heavy (non-hydrogen) atoms. The zero-order chi connectivity index (χ0) is 19.6. The quantitative estimate of drug-likeness (QED) is 0.337. The second kappa shape index (κ2) is 10.8. The van der Waals surface area contributed by atoms with Crippen LogP contribution in [-0.4, -0.2) is 38.9 Å². The molecule has 2 aromatic rings. The Hall–Kier alpha value is -2.29. The molecule has 0 unspecified atom stereocenters. The lowest BCUT2D eigenvalue weighted by Gasteiger charge is -2.20. The Bertz CT molecular complexity index is 775. The number of nitrogens with one attached hydrogen (secondary N) is 1. The molecule has 0 aliphatic heterocycles. The molecule has 2 aromatic carbocycles. The Balaban J connectivity index is 1.83. The zero-order valence-electron chi connectivity index (χ0n) is 15.7. The van der Waals surface area contributed by atoms with E-state index in [2.05, 4.69) is 51.9 Å². The van der Waals surface area contributed by atoms with Crippen molar-refractivity contribution in [2.75, 3.05) is 31.7 Å². The number of carbonyl (C=O) groups is 1. The molecule has 1 N–H and O–H groups in total. The summed E-state index contributed by atoms with van der Waals surface area (Å²) in [5, 5.41) is 3.98. The minimum Gasteiger partial charge on any atom is -0.497 e. The number of hydrogen-bond acceptors (Lipinski definition) is 5. The van der Waals surface area contributed by atoms with Gasteiger partial charge in [-0.3, -0.25) is 4.79 Å². The van der Waals surface area contributed by atoms with Gasteiger partial charge < -0.3 is 14.4 Å². The Labute approximate surface area is 173 Å². The third-order valence-electron chi connectivity index (χ3n) is 3.92. The lowest BCUT2D eigenvalue weighted by molar-refractivity contribution is -0.123. The fraction of sp³-hybridized carbons (Fsp3) is 0.300.